The number of ether oxygens (including phenoxy) is 1. The Kier molecular flexibility index (Phi) is 28.3. The summed E-state index contributed by atoms with van der Waals surface area (Å²) in [5, 5.41) is 11.8. The molecule has 0 aromatic heterocycles. The van der Waals surface area contributed by atoms with Crippen LogP contribution in [0.1, 0.15) is 149 Å². The van der Waals surface area contributed by atoms with Gasteiger partial charge in [-0.05, 0) is 70.4 Å². The summed E-state index contributed by atoms with van der Waals surface area (Å²) >= 11 is 0. The lowest BCUT2D eigenvalue weighted by atomic mass is 10.0. The van der Waals surface area contributed by atoms with E-state index in [-0.39, 0.29) is 18.0 Å². The van der Waals surface area contributed by atoms with E-state index >= 15 is 0 Å². The number of carbonyl (C=O) groups excluding carboxylic acids is 2. The second-order valence-electron chi connectivity index (χ2n) is 11.2. The van der Waals surface area contributed by atoms with E-state index in [4.69, 9.17) is 10.5 Å². The van der Waals surface area contributed by atoms with Gasteiger partial charge in [0.05, 0.1) is 0 Å². The summed E-state index contributed by atoms with van der Waals surface area (Å²) in [5.74, 6) is -1.31. The first-order chi connectivity index (χ1) is 20.4. The Bertz CT molecular complexity index is 762. The quantitative estimate of drug-likeness (QED) is 0.0458. The summed E-state index contributed by atoms with van der Waals surface area (Å²) < 4.78 is 5.85. The standard InChI is InChI=1S/C35H62N2O5/c1-3-5-7-9-11-13-16-20-25-31(42-34(39)29-23-19-12-10-8-6-4-2)26-21-17-14-15-18-22-28-33(38)37-32(35(40)41)27-24-30-36/h5,7,11,13,20,25,31-32H,3-4,6,8-10,12,14-19,21-24,26-30,36H2,1-2H3,(H,37,38)(H,40,41)/b7-5-,13-11-,25-20-. The van der Waals surface area contributed by atoms with Gasteiger partial charge in [-0.2, -0.15) is 0 Å². The Morgan fingerprint density at radius 3 is 1.90 bits per heavy atom. The monoisotopic (exact) mass is 590 g/mol. The number of hydrogen-bond donors (Lipinski definition) is 3. The SMILES string of the molecule is CC/C=C\C/C=C\C/C=C\C(CCCCCCCCC(=O)NC(CCCN)C(=O)O)OC(=O)CCCCCCCCC. The number of carbonyl (C=O) groups is 3. The van der Waals surface area contributed by atoms with Crippen LogP contribution >= 0.6 is 0 Å². The second kappa shape index (κ2) is 30.1. The van der Waals surface area contributed by atoms with Gasteiger partial charge in [0, 0.05) is 12.8 Å². The van der Waals surface area contributed by atoms with E-state index in [1.807, 2.05) is 6.08 Å². The number of nitrogens with one attached hydrogen (secondary N) is 1. The largest absolute Gasteiger partial charge is 0.480 e. The molecule has 0 bridgehead atoms. The van der Waals surface area contributed by atoms with Crippen LogP contribution in [0.2, 0.25) is 0 Å². The Morgan fingerprint density at radius 1 is 0.714 bits per heavy atom. The molecular weight excluding hydrogens is 528 g/mol. The van der Waals surface area contributed by atoms with Gasteiger partial charge >= 0.3 is 11.9 Å². The average Bonchev–Trinajstić information content (AvgIpc) is 2.97. The van der Waals surface area contributed by atoms with E-state index in [9.17, 15) is 19.5 Å². The molecule has 0 spiro atoms. The third kappa shape index (κ3) is 26.5. The highest BCUT2D eigenvalue weighted by atomic mass is 16.5. The molecule has 0 rings (SSSR count). The van der Waals surface area contributed by atoms with Crippen LogP contribution in [0.4, 0.5) is 0 Å². The molecule has 0 aromatic rings. The van der Waals surface area contributed by atoms with Crippen LogP contribution in [-0.4, -0.2) is 41.6 Å². The maximum absolute atomic E-state index is 12.5. The molecule has 0 aliphatic rings. The minimum atomic E-state index is -1.01. The maximum atomic E-state index is 12.5. The van der Waals surface area contributed by atoms with Crippen LogP contribution in [0.15, 0.2) is 36.5 Å². The first-order valence-corrected chi connectivity index (χ1v) is 16.8. The highest BCUT2D eigenvalue weighted by molar-refractivity contribution is 5.83. The fraction of sp³-hybridized carbons (Fsp3) is 0.743. The Balaban J connectivity index is 4.35. The average molecular weight is 591 g/mol. The van der Waals surface area contributed by atoms with Gasteiger partial charge in [0.1, 0.15) is 12.1 Å². The minimum Gasteiger partial charge on any atom is -0.480 e. The van der Waals surface area contributed by atoms with E-state index in [2.05, 4.69) is 49.5 Å². The number of hydrogen-bond acceptors (Lipinski definition) is 5. The third-order valence-corrected chi connectivity index (χ3v) is 7.20. The minimum absolute atomic E-state index is 0.0927. The first kappa shape index (κ1) is 39.6. The predicted molar refractivity (Wildman–Crippen MR) is 174 cm³/mol. The number of carboxylic acid groups (broad SMARTS) is 1. The molecule has 0 heterocycles. The molecule has 0 saturated carbocycles. The van der Waals surface area contributed by atoms with Crippen molar-refractivity contribution >= 4 is 17.8 Å². The summed E-state index contributed by atoms with van der Waals surface area (Å²) in [6.07, 6.45) is 32.1. The number of esters is 1. The number of nitrogens with two attached hydrogens (primary N) is 1. The number of aliphatic carboxylic acids is 1. The summed E-state index contributed by atoms with van der Waals surface area (Å²) in [6.45, 7) is 4.76. The molecule has 1 amide bonds. The van der Waals surface area contributed by atoms with Crippen LogP contribution in [0.5, 0.6) is 0 Å². The Labute approximate surface area is 256 Å². The number of allylic oxidation sites excluding steroid dienone is 5. The van der Waals surface area contributed by atoms with Crippen molar-refractivity contribution in [3.63, 3.8) is 0 Å². The van der Waals surface area contributed by atoms with Gasteiger partial charge in [-0.25, -0.2) is 4.79 Å². The molecule has 7 nitrogen and oxygen atoms in total. The van der Waals surface area contributed by atoms with Crippen molar-refractivity contribution in [3.8, 4) is 0 Å². The van der Waals surface area contributed by atoms with Crippen molar-refractivity contribution in [1.82, 2.24) is 5.32 Å². The molecule has 242 valence electrons. The highest BCUT2D eigenvalue weighted by Gasteiger charge is 2.18. The lowest BCUT2D eigenvalue weighted by Crippen LogP contribution is -2.40. The van der Waals surface area contributed by atoms with Crippen LogP contribution in [0, 0.1) is 0 Å². The zero-order valence-corrected chi connectivity index (χ0v) is 26.8. The Hall–Kier alpha value is -2.41. The van der Waals surface area contributed by atoms with E-state index in [1.54, 1.807) is 0 Å². The fourth-order valence-corrected chi connectivity index (χ4v) is 4.68. The van der Waals surface area contributed by atoms with Crippen LogP contribution in [0.25, 0.3) is 0 Å². The highest BCUT2D eigenvalue weighted by Crippen LogP contribution is 2.15. The summed E-state index contributed by atoms with van der Waals surface area (Å²) in [6, 6.07) is -0.855. The molecule has 2 unspecified atom stereocenters. The predicted octanol–water partition coefficient (Wildman–Crippen LogP) is 8.33. The molecule has 4 N–H and O–H groups in total. The number of rotatable bonds is 29. The summed E-state index contributed by atoms with van der Waals surface area (Å²) in [4.78, 5) is 35.8. The fourth-order valence-electron chi connectivity index (χ4n) is 4.68. The maximum Gasteiger partial charge on any atom is 0.326 e. The van der Waals surface area contributed by atoms with E-state index in [0.717, 1.165) is 77.0 Å². The van der Waals surface area contributed by atoms with Crippen LogP contribution in [-0.2, 0) is 19.1 Å². The van der Waals surface area contributed by atoms with Crippen molar-refractivity contribution < 1.29 is 24.2 Å². The smallest absolute Gasteiger partial charge is 0.326 e. The second-order valence-corrected chi connectivity index (χ2v) is 11.2. The Morgan fingerprint density at radius 2 is 1.29 bits per heavy atom. The van der Waals surface area contributed by atoms with Crippen molar-refractivity contribution in [2.24, 2.45) is 5.73 Å². The molecule has 0 aromatic carbocycles. The molecule has 0 aliphatic heterocycles. The molecule has 0 fully saturated rings. The molecule has 0 radical (unpaired) electrons. The van der Waals surface area contributed by atoms with E-state index in [1.165, 1.54) is 32.1 Å². The zero-order chi connectivity index (χ0) is 31.1. The lowest BCUT2D eigenvalue weighted by Gasteiger charge is -2.15. The molecule has 7 heteroatoms. The van der Waals surface area contributed by atoms with Gasteiger partial charge in [0.2, 0.25) is 5.91 Å². The van der Waals surface area contributed by atoms with Gasteiger partial charge in [0.15, 0.2) is 0 Å². The topological polar surface area (TPSA) is 119 Å². The van der Waals surface area contributed by atoms with Crippen molar-refractivity contribution in [3.05, 3.63) is 36.5 Å². The number of unbranched alkanes of at least 4 members (excludes halogenated alkanes) is 11. The van der Waals surface area contributed by atoms with Gasteiger partial charge < -0.3 is 20.9 Å². The van der Waals surface area contributed by atoms with Crippen LogP contribution < -0.4 is 11.1 Å². The number of amides is 1. The van der Waals surface area contributed by atoms with E-state index < -0.39 is 12.0 Å². The van der Waals surface area contributed by atoms with E-state index in [0.29, 0.717) is 32.2 Å². The van der Waals surface area contributed by atoms with Gasteiger partial charge in [-0.3, -0.25) is 9.59 Å². The molecule has 42 heavy (non-hydrogen) atoms. The molecule has 2 atom stereocenters. The van der Waals surface area contributed by atoms with Crippen molar-refractivity contribution in [2.45, 2.75) is 161 Å². The molecule has 0 aliphatic carbocycles. The summed E-state index contributed by atoms with van der Waals surface area (Å²) in [7, 11) is 0. The van der Waals surface area contributed by atoms with Crippen molar-refractivity contribution in [2.75, 3.05) is 6.54 Å². The summed E-state index contributed by atoms with van der Waals surface area (Å²) in [5.41, 5.74) is 5.45. The zero-order valence-electron chi connectivity index (χ0n) is 26.8. The van der Waals surface area contributed by atoms with Crippen molar-refractivity contribution in [1.29, 1.82) is 0 Å². The van der Waals surface area contributed by atoms with Crippen LogP contribution in [0.3, 0.4) is 0 Å². The number of carboxylic acids is 1. The third-order valence-electron chi connectivity index (χ3n) is 7.20. The normalized spacial score (nSPS) is 13.2. The first-order valence-electron chi connectivity index (χ1n) is 16.8. The van der Waals surface area contributed by atoms with Gasteiger partial charge in [-0.15, -0.1) is 0 Å². The van der Waals surface area contributed by atoms with Gasteiger partial charge in [0.25, 0.3) is 0 Å². The van der Waals surface area contributed by atoms with Gasteiger partial charge in [-0.1, -0.05) is 108 Å². The molecule has 0 saturated heterocycles. The lowest BCUT2D eigenvalue weighted by molar-refractivity contribution is -0.147. The molecular formula is C35H62N2O5.